The fraction of sp³-hybridized carbons (Fsp3) is 0.364. The van der Waals surface area contributed by atoms with Gasteiger partial charge in [-0.2, -0.15) is 5.26 Å². The van der Waals surface area contributed by atoms with Crippen LogP contribution in [0.25, 0.3) is 0 Å². The standard InChI is InChI=1S/C11H12N2O/c12-6-7-1-4-9(10(14)5-7)11(13)8-2-3-8/h1,4-5,8,11,14H,2-3,13H2. The quantitative estimate of drug-likeness (QED) is 0.741. The van der Waals surface area contributed by atoms with Crippen molar-refractivity contribution >= 4 is 0 Å². The normalized spacial score (nSPS) is 17.4. The second kappa shape index (κ2) is 3.32. The van der Waals surface area contributed by atoms with Gasteiger partial charge >= 0.3 is 0 Å². The molecule has 0 heterocycles. The Morgan fingerprint density at radius 3 is 2.71 bits per heavy atom. The fourth-order valence-corrected chi connectivity index (χ4v) is 1.60. The molecule has 14 heavy (non-hydrogen) atoms. The van der Waals surface area contributed by atoms with Crippen molar-refractivity contribution in [2.24, 2.45) is 11.7 Å². The number of phenolic OH excluding ortho intramolecular Hbond substituents is 1. The number of nitrogens with two attached hydrogens (primary N) is 1. The third-order valence-electron chi connectivity index (χ3n) is 2.65. The molecule has 3 nitrogen and oxygen atoms in total. The van der Waals surface area contributed by atoms with E-state index in [0.29, 0.717) is 11.5 Å². The van der Waals surface area contributed by atoms with Crippen molar-refractivity contribution in [1.29, 1.82) is 5.26 Å². The average Bonchev–Trinajstić information content (AvgIpc) is 3.00. The van der Waals surface area contributed by atoms with Gasteiger partial charge in [0, 0.05) is 11.6 Å². The Bertz CT molecular complexity index is 391. The first-order valence-electron chi connectivity index (χ1n) is 4.71. The number of rotatable bonds is 2. The first-order valence-corrected chi connectivity index (χ1v) is 4.71. The van der Waals surface area contributed by atoms with Crippen LogP contribution in [0.4, 0.5) is 0 Å². The molecule has 0 saturated heterocycles. The molecule has 0 spiro atoms. The van der Waals surface area contributed by atoms with Gasteiger partial charge in [-0.15, -0.1) is 0 Å². The zero-order chi connectivity index (χ0) is 10.1. The zero-order valence-corrected chi connectivity index (χ0v) is 7.77. The van der Waals surface area contributed by atoms with Gasteiger partial charge in [0.15, 0.2) is 0 Å². The molecule has 72 valence electrons. The smallest absolute Gasteiger partial charge is 0.121 e. The molecule has 1 fully saturated rings. The second-order valence-electron chi connectivity index (χ2n) is 3.75. The molecule has 3 N–H and O–H groups in total. The average molecular weight is 188 g/mol. The van der Waals surface area contributed by atoms with Crippen LogP contribution in [0.5, 0.6) is 5.75 Å². The van der Waals surface area contributed by atoms with Gasteiger partial charge in [0.1, 0.15) is 5.75 Å². The molecule has 2 rings (SSSR count). The Kier molecular flexibility index (Phi) is 2.14. The van der Waals surface area contributed by atoms with E-state index in [2.05, 4.69) is 0 Å². The van der Waals surface area contributed by atoms with Crippen LogP contribution in [0.1, 0.15) is 30.0 Å². The summed E-state index contributed by atoms with van der Waals surface area (Å²) in [6.07, 6.45) is 2.28. The minimum atomic E-state index is -0.0808. The zero-order valence-electron chi connectivity index (χ0n) is 7.77. The van der Waals surface area contributed by atoms with E-state index in [1.807, 2.05) is 6.07 Å². The lowest BCUT2D eigenvalue weighted by atomic mass is 10.0. The molecule has 0 aliphatic heterocycles. The minimum Gasteiger partial charge on any atom is -0.508 e. The summed E-state index contributed by atoms with van der Waals surface area (Å²) >= 11 is 0. The van der Waals surface area contributed by atoms with E-state index in [4.69, 9.17) is 11.0 Å². The first-order chi connectivity index (χ1) is 6.72. The Labute approximate surface area is 82.8 Å². The van der Waals surface area contributed by atoms with Crippen molar-refractivity contribution in [3.63, 3.8) is 0 Å². The van der Waals surface area contributed by atoms with Crippen molar-refractivity contribution in [3.8, 4) is 11.8 Å². The predicted molar refractivity (Wildman–Crippen MR) is 52.5 cm³/mol. The van der Waals surface area contributed by atoms with Gasteiger partial charge in [0.25, 0.3) is 0 Å². The van der Waals surface area contributed by atoms with Crippen LogP contribution in [0.15, 0.2) is 18.2 Å². The van der Waals surface area contributed by atoms with Crippen LogP contribution >= 0.6 is 0 Å². The van der Waals surface area contributed by atoms with Crippen molar-refractivity contribution in [2.75, 3.05) is 0 Å². The van der Waals surface area contributed by atoms with Crippen molar-refractivity contribution in [1.82, 2.24) is 0 Å². The van der Waals surface area contributed by atoms with Gasteiger partial charge in [-0.3, -0.25) is 0 Å². The van der Waals surface area contributed by atoms with Crippen LogP contribution < -0.4 is 5.73 Å². The number of hydrogen-bond acceptors (Lipinski definition) is 3. The second-order valence-corrected chi connectivity index (χ2v) is 3.75. The van der Waals surface area contributed by atoms with Gasteiger partial charge in [0.05, 0.1) is 11.6 Å². The number of nitriles is 1. The molecule has 0 aromatic heterocycles. The third kappa shape index (κ3) is 1.57. The predicted octanol–water partition coefficient (Wildman–Crippen LogP) is 1.67. The Morgan fingerprint density at radius 2 is 2.21 bits per heavy atom. The van der Waals surface area contributed by atoms with E-state index in [0.717, 1.165) is 18.4 Å². The molecular formula is C11H12N2O. The SMILES string of the molecule is N#Cc1ccc(C(N)C2CC2)c(O)c1. The van der Waals surface area contributed by atoms with E-state index in [9.17, 15) is 5.11 Å². The molecule has 1 aromatic carbocycles. The highest BCUT2D eigenvalue weighted by molar-refractivity contribution is 5.43. The van der Waals surface area contributed by atoms with Crippen LogP contribution in [0.3, 0.4) is 0 Å². The van der Waals surface area contributed by atoms with Crippen LogP contribution in [-0.4, -0.2) is 5.11 Å². The summed E-state index contributed by atoms with van der Waals surface area (Å²) in [5.41, 5.74) is 7.17. The molecule has 1 unspecified atom stereocenters. The Balaban J connectivity index is 2.30. The largest absolute Gasteiger partial charge is 0.508 e. The van der Waals surface area contributed by atoms with E-state index < -0.39 is 0 Å². The molecule has 1 atom stereocenters. The van der Waals surface area contributed by atoms with Crippen molar-refractivity contribution in [3.05, 3.63) is 29.3 Å². The molecule has 1 aromatic rings. The van der Waals surface area contributed by atoms with E-state index in [1.165, 1.54) is 6.07 Å². The van der Waals surface area contributed by atoms with Crippen molar-refractivity contribution < 1.29 is 5.11 Å². The number of hydrogen-bond donors (Lipinski definition) is 2. The van der Waals surface area contributed by atoms with Crippen LogP contribution in [0.2, 0.25) is 0 Å². The first kappa shape index (κ1) is 9.04. The van der Waals surface area contributed by atoms with Gasteiger partial charge in [-0.1, -0.05) is 6.07 Å². The summed E-state index contributed by atoms with van der Waals surface area (Å²) in [5.74, 6) is 0.650. The molecule has 0 radical (unpaired) electrons. The summed E-state index contributed by atoms with van der Waals surface area (Å²) in [6.45, 7) is 0. The van der Waals surface area contributed by atoms with E-state index in [-0.39, 0.29) is 11.8 Å². The van der Waals surface area contributed by atoms with Gasteiger partial charge in [-0.05, 0) is 30.9 Å². The highest BCUT2D eigenvalue weighted by atomic mass is 16.3. The van der Waals surface area contributed by atoms with E-state index >= 15 is 0 Å². The maximum atomic E-state index is 9.64. The van der Waals surface area contributed by atoms with Gasteiger partial charge in [-0.25, -0.2) is 0 Å². The van der Waals surface area contributed by atoms with Gasteiger partial charge in [0.2, 0.25) is 0 Å². The highest BCUT2D eigenvalue weighted by Gasteiger charge is 2.30. The molecule has 0 amide bonds. The summed E-state index contributed by atoms with van der Waals surface area (Å²) < 4.78 is 0. The Morgan fingerprint density at radius 1 is 1.50 bits per heavy atom. The number of nitrogens with zero attached hydrogens (tertiary/aromatic N) is 1. The maximum absolute atomic E-state index is 9.64. The molecule has 3 heteroatoms. The number of aromatic hydroxyl groups is 1. The molecule has 0 bridgehead atoms. The lowest BCUT2D eigenvalue weighted by Crippen LogP contribution is -2.12. The van der Waals surface area contributed by atoms with Crippen LogP contribution in [0, 0.1) is 17.2 Å². The minimum absolute atomic E-state index is 0.0808. The lowest BCUT2D eigenvalue weighted by Gasteiger charge is -2.12. The number of benzene rings is 1. The summed E-state index contributed by atoms with van der Waals surface area (Å²) in [5, 5.41) is 18.3. The van der Waals surface area contributed by atoms with Crippen molar-refractivity contribution in [2.45, 2.75) is 18.9 Å². The number of phenols is 1. The van der Waals surface area contributed by atoms with Gasteiger partial charge < -0.3 is 10.8 Å². The fourth-order valence-electron chi connectivity index (χ4n) is 1.60. The monoisotopic (exact) mass is 188 g/mol. The highest BCUT2D eigenvalue weighted by Crippen LogP contribution is 2.41. The summed E-state index contributed by atoms with van der Waals surface area (Å²) in [7, 11) is 0. The summed E-state index contributed by atoms with van der Waals surface area (Å²) in [6, 6.07) is 6.81. The summed E-state index contributed by atoms with van der Waals surface area (Å²) in [4.78, 5) is 0. The molecule has 1 saturated carbocycles. The van der Waals surface area contributed by atoms with E-state index in [1.54, 1.807) is 12.1 Å². The lowest BCUT2D eigenvalue weighted by molar-refractivity contribution is 0.456. The third-order valence-corrected chi connectivity index (χ3v) is 2.65. The molecular weight excluding hydrogens is 176 g/mol. The van der Waals surface area contributed by atoms with Crippen LogP contribution in [-0.2, 0) is 0 Å². The Hall–Kier alpha value is -1.53. The topological polar surface area (TPSA) is 70.0 Å². The molecule has 1 aliphatic rings. The maximum Gasteiger partial charge on any atom is 0.121 e. The molecule has 1 aliphatic carbocycles.